The lowest BCUT2D eigenvalue weighted by Gasteiger charge is -2.30. The van der Waals surface area contributed by atoms with Gasteiger partial charge in [-0.3, -0.25) is 0 Å². The van der Waals surface area contributed by atoms with Gasteiger partial charge in [0, 0.05) is 16.7 Å². The molecule has 2 nitrogen and oxygen atoms in total. The maximum absolute atomic E-state index is 13.4. The number of carbonyl (C=O) groups excluding carboxylic acids is 1. The third-order valence-electron chi connectivity index (χ3n) is 5.25. The molecule has 0 aliphatic carbocycles. The molecular weight excluding hydrogens is 368 g/mol. The minimum absolute atomic E-state index is 0.131. The Morgan fingerprint density at radius 1 is 0.933 bits per heavy atom. The van der Waals surface area contributed by atoms with Crippen molar-refractivity contribution in [1.29, 1.82) is 0 Å². The van der Waals surface area contributed by atoms with E-state index in [1.807, 2.05) is 36.4 Å². The molecule has 0 amide bonds. The summed E-state index contributed by atoms with van der Waals surface area (Å²) >= 11 is 0. The van der Waals surface area contributed by atoms with Gasteiger partial charge in [-0.25, -0.2) is 4.79 Å². The molecule has 2 aromatic rings. The van der Waals surface area contributed by atoms with E-state index in [2.05, 4.69) is 67.5 Å². The molecule has 0 bridgehead atoms. The molecule has 30 heavy (non-hydrogen) atoms. The quantitative estimate of drug-likeness (QED) is 0.278. The Labute approximate surface area is 183 Å². The topological polar surface area (TPSA) is 26.3 Å². The van der Waals surface area contributed by atoms with Crippen molar-refractivity contribution in [3.63, 3.8) is 0 Å². The monoisotopic (exact) mass is 406 g/mol. The van der Waals surface area contributed by atoms with Gasteiger partial charge in [0.2, 0.25) is 0 Å². The second-order valence-electron chi connectivity index (χ2n) is 10.3. The summed E-state index contributed by atoms with van der Waals surface area (Å²) in [6.45, 7) is 17.3. The summed E-state index contributed by atoms with van der Waals surface area (Å²) in [5, 5.41) is 0. The van der Waals surface area contributed by atoms with Gasteiger partial charge in [-0.2, -0.15) is 0 Å². The lowest BCUT2D eigenvalue weighted by Crippen LogP contribution is -2.23. The lowest BCUT2D eigenvalue weighted by molar-refractivity contribution is -0.130. The Balaban J connectivity index is 2.55. The zero-order valence-corrected chi connectivity index (χ0v) is 20.1. The highest BCUT2D eigenvalue weighted by atomic mass is 16.5. The number of benzene rings is 2. The Kier molecular flexibility index (Phi) is 7.69. The number of hydrogen-bond donors (Lipinski definition) is 0. The second kappa shape index (κ2) is 9.64. The average molecular weight is 407 g/mol. The van der Waals surface area contributed by atoms with Crippen LogP contribution in [0.2, 0.25) is 0 Å². The fourth-order valence-corrected chi connectivity index (χ4v) is 3.51. The average Bonchev–Trinajstić information content (AvgIpc) is 2.65. The summed E-state index contributed by atoms with van der Waals surface area (Å²) in [6, 6.07) is 14.3. The molecule has 0 aliphatic rings. The van der Waals surface area contributed by atoms with Crippen LogP contribution in [0.4, 0.5) is 0 Å². The number of aryl methyl sites for hydroxylation is 1. The molecule has 0 unspecified atom stereocenters. The van der Waals surface area contributed by atoms with E-state index >= 15 is 0 Å². The van der Waals surface area contributed by atoms with Gasteiger partial charge in [-0.1, -0.05) is 103 Å². The van der Waals surface area contributed by atoms with Crippen molar-refractivity contribution in [2.24, 2.45) is 0 Å². The molecular formula is C28H38O2. The van der Waals surface area contributed by atoms with E-state index in [-0.39, 0.29) is 16.8 Å². The van der Waals surface area contributed by atoms with Crippen LogP contribution in [0.5, 0.6) is 5.75 Å². The molecule has 0 fully saturated rings. The number of rotatable bonds is 6. The molecule has 0 N–H and O–H groups in total. The Morgan fingerprint density at radius 2 is 1.47 bits per heavy atom. The standard InChI is InChI=1S/C28H38O2/c1-9-10-16-22(19-21-14-12-11-13-15-21)26(29)30-25-23(27(3,4)5)17-20(2)18-24(25)28(6,7)8/h11-15,17-19H,9-10,16H2,1-8H3/b22-19-. The normalized spacial score (nSPS) is 12.7. The van der Waals surface area contributed by atoms with Crippen molar-refractivity contribution in [3.8, 4) is 5.75 Å². The molecule has 0 radical (unpaired) electrons. The van der Waals surface area contributed by atoms with Gasteiger partial charge in [0.05, 0.1) is 0 Å². The largest absolute Gasteiger partial charge is 0.423 e. The molecule has 0 atom stereocenters. The van der Waals surface area contributed by atoms with Crippen LogP contribution in [0.3, 0.4) is 0 Å². The Morgan fingerprint density at radius 3 is 1.93 bits per heavy atom. The summed E-state index contributed by atoms with van der Waals surface area (Å²) in [4.78, 5) is 13.4. The minimum Gasteiger partial charge on any atom is -0.423 e. The van der Waals surface area contributed by atoms with Gasteiger partial charge in [0.15, 0.2) is 0 Å². The first kappa shape index (κ1) is 23.9. The number of carbonyl (C=O) groups is 1. The zero-order chi connectivity index (χ0) is 22.5. The number of hydrogen-bond acceptors (Lipinski definition) is 2. The number of esters is 1. The molecule has 162 valence electrons. The van der Waals surface area contributed by atoms with E-state index in [4.69, 9.17) is 4.74 Å². The van der Waals surface area contributed by atoms with E-state index in [9.17, 15) is 4.79 Å². The van der Waals surface area contributed by atoms with E-state index in [1.165, 1.54) is 5.56 Å². The predicted molar refractivity (Wildman–Crippen MR) is 128 cm³/mol. The van der Waals surface area contributed by atoms with Crippen molar-refractivity contribution < 1.29 is 9.53 Å². The molecule has 0 aromatic heterocycles. The number of ether oxygens (including phenoxy) is 1. The van der Waals surface area contributed by atoms with Crippen LogP contribution in [-0.2, 0) is 15.6 Å². The highest BCUT2D eigenvalue weighted by molar-refractivity contribution is 5.95. The maximum atomic E-state index is 13.4. The zero-order valence-electron chi connectivity index (χ0n) is 20.1. The highest BCUT2D eigenvalue weighted by Crippen LogP contribution is 2.41. The fourth-order valence-electron chi connectivity index (χ4n) is 3.51. The third-order valence-corrected chi connectivity index (χ3v) is 5.25. The highest BCUT2D eigenvalue weighted by Gasteiger charge is 2.29. The van der Waals surface area contributed by atoms with Gasteiger partial charge in [-0.15, -0.1) is 0 Å². The Bertz CT molecular complexity index is 855. The lowest BCUT2D eigenvalue weighted by atomic mass is 9.78. The molecule has 0 saturated carbocycles. The van der Waals surface area contributed by atoms with Crippen molar-refractivity contribution >= 4 is 12.0 Å². The predicted octanol–water partition coefficient (Wildman–Crippen LogP) is 7.77. The minimum atomic E-state index is -0.243. The van der Waals surface area contributed by atoms with Gasteiger partial charge in [-0.05, 0) is 42.2 Å². The van der Waals surface area contributed by atoms with Crippen LogP contribution in [0.25, 0.3) is 6.08 Å². The number of unbranched alkanes of at least 4 members (excludes halogenated alkanes) is 1. The summed E-state index contributed by atoms with van der Waals surface area (Å²) in [6.07, 6.45) is 4.68. The summed E-state index contributed by atoms with van der Waals surface area (Å²) in [7, 11) is 0. The maximum Gasteiger partial charge on any atom is 0.339 e. The van der Waals surface area contributed by atoms with Crippen molar-refractivity contribution in [2.45, 2.75) is 85.5 Å². The fraction of sp³-hybridized carbons (Fsp3) is 0.464. The van der Waals surface area contributed by atoms with E-state index in [0.717, 1.165) is 40.9 Å². The van der Waals surface area contributed by atoms with Crippen LogP contribution in [0.15, 0.2) is 48.0 Å². The van der Waals surface area contributed by atoms with Crippen LogP contribution >= 0.6 is 0 Å². The third kappa shape index (κ3) is 6.32. The van der Waals surface area contributed by atoms with Crippen LogP contribution in [-0.4, -0.2) is 5.97 Å². The van der Waals surface area contributed by atoms with Gasteiger partial charge < -0.3 is 4.74 Å². The van der Waals surface area contributed by atoms with E-state index in [0.29, 0.717) is 6.42 Å². The van der Waals surface area contributed by atoms with E-state index < -0.39 is 0 Å². The first-order chi connectivity index (χ1) is 13.9. The van der Waals surface area contributed by atoms with Crippen molar-refractivity contribution in [2.75, 3.05) is 0 Å². The first-order valence-electron chi connectivity index (χ1n) is 11.1. The van der Waals surface area contributed by atoms with Crippen LogP contribution in [0.1, 0.15) is 90.0 Å². The SMILES string of the molecule is CCCC/C(=C/c1ccccc1)C(=O)Oc1c(C(C)(C)C)cc(C)cc1C(C)(C)C. The Hall–Kier alpha value is -2.35. The summed E-state index contributed by atoms with van der Waals surface area (Å²) < 4.78 is 6.21. The smallest absolute Gasteiger partial charge is 0.339 e. The van der Waals surface area contributed by atoms with Gasteiger partial charge in [0.25, 0.3) is 0 Å². The molecule has 2 aromatic carbocycles. The van der Waals surface area contributed by atoms with Crippen molar-refractivity contribution in [3.05, 3.63) is 70.3 Å². The van der Waals surface area contributed by atoms with Crippen LogP contribution in [0, 0.1) is 6.92 Å². The summed E-state index contributed by atoms with van der Waals surface area (Å²) in [5.41, 5.74) is 4.84. The first-order valence-corrected chi connectivity index (χ1v) is 11.1. The molecule has 0 spiro atoms. The van der Waals surface area contributed by atoms with Crippen molar-refractivity contribution in [1.82, 2.24) is 0 Å². The molecule has 2 heteroatoms. The molecule has 0 aliphatic heterocycles. The second-order valence-corrected chi connectivity index (χ2v) is 10.3. The summed E-state index contributed by atoms with van der Waals surface area (Å²) in [5.74, 6) is 0.480. The molecule has 2 rings (SSSR count). The van der Waals surface area contributed by atoms with Gasteiger partial charge in [0.1, 0.15) is 5.75 Å². The van der Waals surface area contributed by atoms with Crippen LogP contribution < -0.4 is 4.74 Å². The molecule has 0 saturated heterocycles. The molecule has 0 heterocycles. The van der Waals surface area contributed by atoms with E-state index in [1.54, 1.807) is 0 Å². The van der Waals surface area contributed by atoms with Gasteiger partial charge >= 0.3 is 5.97 Å².